The van der Waals surface area contributed by atoms with Crippen LogP contribution in [0, 0.1) is 5.41 Å². The highest BCUT2D eigenvalue weighted by Crippen LogP contribution is 2.25. The van der Waals surface area contributed by atoms with Crippen LogP contribution in [0.1, 0.15) is 20.8 Å². The van der Waals surface area contributed by atoms with E-state index in [1.807, 2.05) is 0 Å². The minimum Gasteiger partial charge on any atom is -0.447 e. The second kappa shape index (κ2) is 4.83. The molecule has 2 amide bonds. The Morgan fingerprint density at radius 1 is 1.59 bits per heavy atom. The number of amides is 2. The van der Waals surface area contributed by atoms with Gasteiger partial charge >= 0.3 is 6.09 Å². The van der Waals surface area contributed by atoms with E-state index in [4.69, 9.17) is 0 Å². The van der Waals surface area contributed by atoms with Crippen LogP contribution in [-0.4, -0.2) is 41.3 Å². The van der Waals surface area contributed by atoms with Crippen molar-refractivity contribution in [3.63, 3.8) is 0 Å². The Morgan fingerprint density at radius 2 is 2.18 bits per heavy atom. The van der Waals surface area contributed by atoms with Crippen molar-refractivity contribution in [1.29, 1.82) is 0 Å². The van der Waals surface area contributed by atoms with Crippen LogP contribution in [0.15, 0.2) is 11.9 Å². The lowest BCUT2D eigenvalue weighted by Crippen LogP contribution is -2.32. The Morgan fingerprint density at radius 3 is 2.59 bits per heavy atom. The van der Waals surface area contributed by atoms with E-state index in [1.54, 1.807) is 20.8 Å². The van der Waals surface area contributed by atoms with Crippen molar-refractivity contribution < 1.29 is 23.8 Å². The molecule has 0 aromatic carbocycles. The smallest absolute Gasteiger partial charge is 0.416 e. The zero-order valence-corrected chi connectivity index (χ0v) is 10.1. The second-order valence-electron chi connectivity index (χ2n) is 4.90. The molecule has 1 N–H and O–H groups in total. The first-order valence-corrected chi connectivity index (χ1v) is 5.27. The summed E-state index contributed by atoms with van der Waals surface area (Å²) in [7, 11) is 0. The molecule has 5 nitrogen and oxygen atoms in total. The van der Waals surface area contributed by atoms with Crippen molar-refractivity contribution >= 4 is 12.0 Å². The summed E-state index contributed by atoms with van der Waals surface area (Å²) in [5, 5.41) is 9.58. The lowest BCUT2D eigenvalue weighted by Gasteiger charge is -2.24. The molecule has 17 heavy (non-hydrogen) atoms. The Hall–Kier alpha value is -1.43. The van der Waals surface area contributed by atoms with E-state index in [2.05, 4.69) is 4.74 Å². The standard InChI is InChI=1S/C11H16FNO4/c1-11(2,3)9(15)7(12)6-8(14)13-4-5-17-10(13)16/h6,9,15H,4-5H2,1-3H3/b7-6-. The van der Waals surface area contributed by atoms with Gasteiger partial charge in [-0.15, -0.1) is 0 Å². The highest BCUT2D eigenvalue weighted by atomic mass is 19.1. The minimum atomic E-state index is -1.38. The molecule has 0 saturated carbocycles. The predicted molar refractivity (Wildman–Crippen MR) is 57.7 cm³/mol. The van der Waals surface area contributed by atoms with Crippen molar-refractivity contribution in [3.05, 3.63) is 11.9 Å². The maximum absolute atomic E-state index is 13.5. The van der Waals surface area contributed by atoms with E-state index in [0.717, 1.165) is 4.90 Å². The van der Waals surface area contributed by atoms with E-state index in [9.17, 15) is 19.1 Å². The maximum atomic E-state index is 13.5. The number of nitrogens with zero attached hydrogens (tertiary/aromatic N) is 1. The summed E-state index contributed by atoms with van der Waals surface area (Å²) >= 11 is 0. The van der Waals surface area contributed by atoms with Gasteiger partial charge in [0.1, 0.15) is 18.5 Å². The lowest BCUT2D eigenvalue weighted by molar-refractivity contribution is -0.123. The Bertz CT molecular complexity index is 359. The molecular formula is C11H16FNO4. The van der Waals surface area contributed by atoms with Crippen LogP contribution in [0.3, 0.4) is 0 Å². The molecule has 1 saturated heterocycles. The van der Waals surface area contributed by atoms with E-state index < -0.39 is 29.3 Å². The Balaban J connectivity index is 2.75. The predicted octanol–water partition coefficient (Wildman–Crippen LogP) is 1.23. The summed E-state index contributed by atoms with van der Waals surface area (Å²) in [6.07, 6.45) is -1.54. The van der Waals surface area contributed by atoms with Crippen LogP contribution < -0.4 is 0 Å². The van der Waals surface area contributed by atoms with Crippen LogP contribution in [0.25, 0.3) is 0 Å². The van der Waals surface area contributed by atoms with Gasteiger partial charge in [0.2, 0.25) is 0 Å². The summed E-state index contributed by atoms with van der Waals surface area (Å²) in [4.78, 5) is 23.3. The minimum absolute atomic E-state index is 0.104. The number of halogens is 1. The van der Waals surface area contributed by atoms with Crippen molar-refractivity contribution in [3.8, 4) is 0 Å². The molecule has 0 bridgehead atoms. The fourth-order valence-electron chi connectivity index (χ4n) is 1.28. The number of hydrogen-bond acceptors (Lipinski definition) is 4. The number of ether oxygens (including phenoxy) is 1. The van der Waals surface area contributed by atoms with Crippen molar-refractivity contribution in [2.24, 2.45) is 5.41 Å². The number of hydrogen-bond donors (Lipinski definition) is 1. The molecule has 6 heteroatoms. The topological polar surface area (TPSA) is 66.8 Å². The first kappa shape index (κ1) is 13.6. The molecule has 1 unspecified atom stereocenters. The van der Waals surface area contributed by atoms with Gasteiger partial charge in [-0.3, -0.25) is 4.79 Å². The molecule has 1 rings (SSSR count). The number of carbonyl (C=O) groups is 2. The summed E-state index contributed by atoms with van der Waals surface area (Å²) in [5.41, 5.74) is -0.716. The maximum Gasteiger partial charge on any atom is 0.416 e. The number of rotatable bonds is 2. The quantitative estimate of drug-likeness (QED) is 0.743. The number of cyclic esters (lactones) is 1. The highest BCUT2D eigenvalue weighted by molar-refractivity contribution is 5.99. The molecule has 0 aliphatic carbocycles. The fourth-order valence-corrected chi connectivity index (χ4v) is 1.28. The number of imide groups is 1. The molecule has 1 fully saturated rings. The third-order valence-electron chi connectivity index (χ3n) is 2.37. The molecule has 0 radical (unpaired) electrons. The van der Waals surface area contributed by atoms with E-state index in [1.165, 1.54) is 0 Å². The van der Waals surface area contributed by atoms with Crippen LogP contribution in [0.4, 0.5) is 9.18 Å². The van der Waals surface area contributed by atoms with Gasteiger partial charge < -0.3 is 9.84 Å². The van der Waals surface area contributed by atoms with E-state index in [-0.39, 0.29) is 13.2 Å². The van der Waals surface area contributed by atoms with Gasteiger partial charge in [0, 0.05) is 6.08 Å². The summed E-state index contributed by atoms with van der Waals surface area (Å²) in [6, 6.07) is 0. The van der Waals surface area contributed by atoms with E-state index >= 15 is 0 Å². The number of aliphatic hydroxyl groups is 1. The molecular weight excluding hydrogens is 229 g/mol. The lowest BCUT2D eigenvalue weighted by atomic mass is 9.88. The second-order valence-corrected chi connectivity index (χ2v) is 4.90. The van der Waals surface area contributed by atoms with E-state index in [0.29, 0.717) is 6.08 Å². The third-order valence-corrected chi connectivity index (χ3v) is 2.37. The zero-order valence-electron chi connectivity index (χ0n) is 10.1. The first-order chi connectivity index (χ1) is 7.73. The SMILES string of the molecule is CC(C)(C)C(O)/C(F)=C/C(=O)N1CCOC1=O. The zero-order chi connectivity index (χ0) is 13.2. The molecule has 1 atom stereocenters. The summed E-state index contributed by atoms with van der Waals surface area (Å²) in [5.74, 6) is -1.77. The van der Waals surface area contributed by atoms with Gasteiger partial charge in [0.15, 0.2) is 0 Å². The Labute approximate surface area is 98.8 Å². The van der Waals surface area contributed by atoms with Gasteiger partial charge in [-0.2, -0.15) is 0 Å². The van der Waals surface area contributed by atoms with Crippen LogP contribution in [0.5, 0.6) is 0 Å². The molecule has 1 aliphatic heterocycles. The largest absolute Gasteiger partial charge is 0.447 e. The summed E-state index contributed by atoms with van der Waals surface area (Å²) in [6.45, 7) is 5.13. The summed E-state index contributed by atoms with van der Waals surface area (Å²) < 4.78 is 18.1. The average molecular weight is 245 g/mol. The fraction of sp³-hybridized carbons (Fsp3) is 0.636. The van der Waals surface area contributed by atoms with Gasteiger partial charge in [-0.05, 0) is 5.41 Å². The molecule has 0 aromatic heterocycles. The van der Waals surface area contributed by atoms with Gasteiger partial charge in [0.05, 0.1) is 6.54 Å². The molecule has 0 spiro atoms. The van der Waals surface area contributed by atoms with Crippen LogP contribution >= 0.6 is 0 Å². The monoisotopic (exact) mass is 245 g/mol. The molecule has 96 valence electrons. The highest BCUT2D eigenvalue weighted by Gasteiger charge is 2.30. The van der Waals surface area contributed by atoms with Gasteiger partial charge in [0.25, 0.3) is 5.91 Å². The van der Waals surface area contributed by atoms with Crippen LogP contribution in [0.2, 0.25) is 0 Å². The first-order valence-electron chi connectivity index (χ1n) is 5.27. The average Bonchev–Trinajstić information content (AvgIpc) is 2.61. The molecule has 1 heterocycles. The normalized spacial score (nSPS) is 19.2. The number of carbonyl (C=O) groups excluding carboxylic acids is 2. The van der Waals surface area contributed by atoms with Crippen LogP contribution in [-0.2, 0) is 9.53 Å². The van der Waals surface area contributed by atoms with Crippen molar-refractivity contribution in [2.45, 2.75) is 26.9 Å². The van der Waals surface area contributed by atoms with Crippen molar-refractivity contribution in [2.75, 3.05) is 13.2 Å². The van der Waals surface area contributed by atoms with Gasteiger partial charge in [-0.25, -0.2) is 14.1 Å². The Kier molecular flexibility index (Phi) is 3.87. The molecule has 1 aliphatic rings. The molecule has 0 aromatic rings. The van der Waals surface area contributed by atoms with Gasteiger partial charge in [-0.1, -0.05) is 20.8 Å². The third kappa shape index (κ3) is 3.26. The number of aliphatic hydroxyl groups excluding tert-OH is 1. The van der Waals surface area contributed by atoms with Crippen molar-refractivity contribution in [1.82, 2.24) is 4.90 Å².